The van der Waals surface area contributed by atoms with Crippen LogP contribution in [0.5, 0.6) is 0 Å². The molecule has 2 fully saturated rings. The van der Waals surface area contributed by atoms with E-state index in [0.29, 0.717) is 5.02 Å². The zero-order valence-electron chi connectivity index (χ0n) is 14.7. The van der Waals surface area contributed by atoms with E-state index in [1.54, 1.807) is 0 Å². The first-order valence-electron chi connectivity index (χ1n) is 8.28. The van der Waals surface area contributed by atoms with Crippen LogP contribution in [0.25, 0.3) is 0 Å². The molecule has 1 aromatic rings. The number of Topliss-reactive ketones (excluding diaryl/α,β-unsaturated/α-hetero) is 1. The minimum absolute atomic E-state index is 0.0359. The Balaban J connectivity index is 2.00. The summed E-state index contributed by atoms with van der Waals surface area (Å²) in [7, 11) is 1.02. The summed E-state index contributed by atoms with van der Waals surface area (Å²) in [5.74, 6) is -3.57. The van der Waals surface area contributed by atoms with E-state index < -0.39 is 45.9 Å². The standard InChI is InChI=1S/C19H16ClF3O4/c1-15-8-9-16(2,27-15)18(19(21,22)23)12(14(25)26-3)17(15,18)13(24)10-4-6-11(20)7-5-10/h4-9,12H,1-3H3. The average molecular weight is 401 g/mol. The molecule has 0 aromatic heterocycles. The van der Waals surface area contributed by atoms with Gasteiger partial charge in [-0.05, 0) is 38.1 Å². The first-order valence-corrected chi connectivity index (χ1v) is 8.66. The van der Waals surface area contributed by atoms with Gasteiger partial charge in [-0.25, -0.2) is 0 Å². The van der Waals surface area contributed by atoms with E-state index in [0.717, 1.165) is 7.11 Å². The van der Waals surface area contributed by atoms with Crippen molar-refractivity contribution in [3.8, 4) is 0 Å². The molecule has 5 unspecified atom stereocenters. The molecule has 8 heteroatoms. The van der Waals surface area contributed by atoms with Gasteiger partial charge in [0.25, 0.3) is 0 Å². The van der Waals surface area contributed by atoms with Crippen LogP contribution in [-0.2, 0) is 14.3 Å². The van der Waals surface area contributed by atoms with Crippen molar-refractivity contribution in [3.63, 3.8) is 0 Å². The normalized spacial score (nSPS) is 41.4. The molecule has 0 amide bonds. The summed E-state index contributed by atoms with van der Waals surface area (Å²) in [6.45, 7) is 2.68. The molecule has 1 aromatic carbocycles. The Hall–Kier alpha value is -1.86. The fourth-order valence-electron chi connectivity index (χ4n) is 5.59. The lowest BCUT2D eigenvalue weighted by Gasteiger charge is -2.33. The van der Waals surface area contributed by atoms with Gasteiger partial charge in [0.05, 0.1) is 24.0 Å². The van der Waals surface area contributed by atoms with Gasteiger partial charge in [-0.15, -0.1) is 0 Å². The van der Waals surface area contributed by atoms with Crippen molar-refractivity contribution in [2.75, 3.05) is 7.11 Å². The van der Waals surface area contributed by atoms with Crippen LogP contribution in [0.2, 0.25) is 5.02 Å². The molecule has 144 valence electrons. The van der Waals surface area contributed by atoms with Crippen LogP contribution in [0.3, 0.4) is 0 Å². The topological polar surface area (TPSA) is 52.6 Å². The number of alkyl halides is 3. The number of carbonyl (C=O) groups excluding carboxylic acids is 2. The number of hydrogen-bond acceptors (Lipinski definition) is 4. The van der Waals surface area contributed by atoms with Gasteiger partial charge in [0.1, 0.15) is 11.0 Å². The lowest BCUT2D eigenvalue weighted by Crippen LogP contribution is -2.48. The van der Waals surface area contributed by atoms with Gasteiger partial charge in [-0.3, -0.25) is 9.59 Å². The maximum absolute atomic E-state index is 14.5. The van der Waals surface area contributed by atoms with Crippen LogP contribution >= 0.6 is 11.6 Å². The number of esters is 1. The van der Waals surface area contributed by atoms with E-state index >= 15 is 0 Å². The number of benzene rings is 1. The Kier molecular flexibility index (Phi) is 3.39. The molecule has 0 N–H and O–H groups in total. The second kappa shape index (κ2) is 4.94. The van der Waals surface area contributed by atoms with Crippen molar-refractivity contribution in [1.82, 2.24) is 0 Å². The Bertz CT molecular complexity index is 895. The lowest BCUT2D eigenvalue weighted by molar-refractivity contribution is -0.231. The lowest BCUT2D eigenvalue weighted by atomic mass is 9.68. The van der Waals surface area contributed by atoms with Gasteiger partial charge in [0, 0.05) is 10.6 Å². The van der Waals surface area contributed by atoms with Crippen molar-refractivity contribution >= 4 is 23.4 Å². The summed E-state index contributed by atoms with van der Waals surface area (Å²) < 4.78 is 53.9. The van der Waals surface area contributed by atoms with Crippen LogP contribution < -0.4 is 0 Å². The van der Waals surface area contributed by atoms with Crippen LogP contribution in [0, 0.1) is 16.7 Å². The van der Waals surface area contributed by atoms with Gasteiger partial charge in [-0.1, -0.05) is 23.8 Å². The number of hydrogen-bond donors (Lipinski definition) is 0. The highest BCUT2D eigenvalue weighted by molar-refractivity contribution is 6.30. The Labute approximate surface area is 158 Å². The van der Waals surface area contributed by atoms with Crippen LogP contribution in [0.15, 0.2) is 36.4 Å². The molecular formula is C19H16ClF3O4. The third-order valence-electron chi connectivity index (χ3n) is 6.46. The largest absolute Gasteiger partial charge is 0.469 e. The Morgan fingerprint density at radius 1 is 1.11 bits per heavy atom. The summed E-state index contributed by atoms with van der Waals surface area (Å²) in [6, 6.07) is 5.55. The van der Waals surface area contributed by atoms with E-state index in [1.165, 1.54) is 50.3 Å². The highest BCUT2D eigenvalue weighted by Crippen LogP contribution is 2.91. The number of carbonyl (C=O) groups is 2. The summed E-state index contributed by atoms with van der Waals surface area (Å²) in [4.78, 5) is 25.9. The summed E-state index contributed by atoms with van der Waals surface area (Å²) >= 11 is 5.83. The smallest absolute Gasteiger partial charge is 0.399 e. The Morgan fingerprint density at radius 2 is 1.67 bits per heavy atom. The van der Waals surface area contributed by atoms with Crippen molar-refractivity contribution in [2.24, 2.45) is 16.7 Å². The van der Waals surface area contributed by atoms with Gasteiger partial charge in [0.2, 0.25) is 0 Å². The monoisotopic (exact) mass is 400 g/mol. The molecule has 2 aliphatic heterocycles. The molecule has 2 bridgehead atoms. The molecule has 2 heterocycles. The summed E-state index contributed by atoms with van der Waals surface area (Å²) in [5.41, 5.74) is -8.23. The average Bonchev–Trinajstić information content (AvgIpc) is 3.12. The van der Waals surface area contributed by atoms with Crippen LogP contribution in [0.1, 0.15) is 24.2 Å². The fraction of sp³-hybridized carbons (Fsp3) is 0.474. The van der Waals surface area contributed by atoms with Gasteiger partial charge in [-0.2, -0.15) is 13.2 Å². The van der Waals surface area contributed by atoms with Gasteiger partial charge < -0.3 is 9.47 Å². The highest BCUT2D eigenvalue weighted by atomic mass is 35.5. The zero-order chi connectivity index (χ0) is 20.0. The number of halogens is 4. The van der Waals surface area contributed by atoms with Crippen molar-refractivity contribution < 1.29 is 32.2 Å². The predicted molar refractivity (Wildman–Crippen MR) is 89.2 cm³/mol. The van der Waals surface area contributed by atoms with E-state index in [2.05, 4.69) is 4.74 Å². The molecule has 0 spiro atoms. The first kappa shape index (κ1) is 18.5. The SMILES string of the molecule is COC(=O)C1C2(C(=O)c3ccc(Cl)cc3)C3(C)C=CC(C)(O3)C12C(F)(F)F. The number of fused-ring (bicyclic) bond motifs is 5. The molecule has 1 aliphatic carbocycles. The van der Waals surface area contributed by atoms with Crippen molar-refractivity contribution in [1.29, 1.82) is 0 Å². The first-order chi connectivity index (χ1) is 12.4. The number of rotatable bonds is 3. The maximum Gasteiger partial charge on any atom is 0.399 e. The minimum atomic E-state index is -4.87. The third kappa shape index (κ3) is 1.71. The maximum atomic E-state index is 14.5. The molecule has 4 nitrogen and oxygen atoms in total. The van der Waals surface area contributed by atoms with Crippen molar-refractivity contribution in [2.45, 2.75) is 31.2 Å². The minimum Gasteiger partial charge on any atom is -0.469 e. The predicted octanol–water partition coefficient (Wildman–Crippen LogP) is 3.98. The molecule has 1 saturated heterocycles. The Morgan fingerprint density at radius 3 is 2.19 bits per heavy atom. The van der Waals surface area contributed by atoms with E-state index in [4.69, 9.17) is 16.3 Å². The highest BCUT2D eigenvalue weighted by Gasteiger charge is 3.05. The molecular weight excluding hydrogens is 385 g/mol. The summed E-state index contributed by atoms with van der Waals surface area (Å²) in [6.07, 6.45) is -2.12. The molecule has 3 aliphatic rings. The second-order valence-electron chi connectivity index (χ2n) is 7.56. The summed E-state index contributed by atoms with van der Waals surface area (Å²) in [5, 5.41) is 0.341. The van der Waals surface area contributed by atoms with Crippen LogP contribution in [-0.4, -0.2) is 36.2 Å². The van der Waals surface area contributed by atoms with Gasteiger partial charge in [0.15, 0.2) is 5.78 Å². The molecule has 1 saturated carbocycles. The molecule has 5 atom stereocenters. The fourth-order valence-corrected chi connectivity index (χ4v) is 5.71. The van der Waals surface area contributed by atoms with E-state index in [9.17, 15) is 22.8 Å². The molecule has 4 rings (SSSR count). The third-order valence-corrected chi connectivity index (χ3v) is 6.71. The molecule has 27 heavy (non-hydrogen) atoms. The second-order valence-corrected chi connectivity index (χ2v) is 7.99. The zero-order valence-corrected chi connectivity index (χ0v) is 15.4. The number of ketones is 1. The van der Waals surface area contributed by atoms with E-state index in [1.807, 2.05) is 0 Å². The quantitative estimate of drug-likeness (QED) is 0.437. The number of methoxy groups -OCH3 is 1. The van der Waals surface area contributed by atoms with E-state index in [-0.39, 0.29) is 5.56 Å². The van der Waals surface area contributed by atoms with Crippen molar-refractivity contribution in [3.05, 3.63) is 47.0 Å². The van der Waals surface area contributed by atoms with Crippen LogP contribution in [0.4, 0.5) is 13.2 Å². The number of ether oxygens (including phenoxy) is 2. The molecule has 0 radical (unpaired) electrons. The van der Waals surface area contributed by atoms with Gasteiger partial charge >= 0.3 is 12.1 Å².